The van der Waals surface area contributed by atoms with Gasteiger partial charge in [-0.2, -0.15) is 0 Å². The SMILES string of the molecule is NC(=O)[C@@H](N)c1cccc(Cl)c1. The first-order valence-corrected chi connectivity index (χ1v) is 3.79. The summed E-state index contributed by atoms with van der Waals surface area (Å²) in [7, 11) is 0. The lowest BCUT2D eigenvalue weighted by molar-refractivity contribution is -0.119. The van der Waals surface area contributed by atoms with Crippen LogP contribution in [0.5, 0.6) is 0 Å². The van der Waals surface area contributed by atoms with Crippen LogP contribution in [0.4, 0.5) is 0 Å². The number of benzene rings is 1. The molecule has 1 aromatic carbocycles. The minimum atomic E-state index is -0.774. The molecule has 0 aromatic heterocycles. The van der Waals surface area contributed by atoms with Crippen molar-refractivity contribution in [3.63, 3.8) is 0 Å². The van der Waals surface area contributed by atoms with Crippen molar-refractivity contribution in [2.45, 2.75) is 6.04 Å². The van der Waals surface area contributed by atoms with E-state index in [9.17, 15) is 4.79 Å². The molecule has 0 fully saturated rings. The summed E-state index contributed by atoms with van der Waals surface area (Å²) in [6, 6.07) is 5.99. The number of rotatable bonds is 2. The van der Waals surface area contributed by atoms with Crippen molar-refractivity contribution in [1.29, 1.82) is 0 Å². The highest BCUT2D eigenvalue weighted by atomic mass is 35.5. The van der Waals surface area contributed by atoms with E-state index in [0.717, 1.165) is 0 Å². The second-order valence-electron chi connectivity index (χ2n) is 2.44. The molecule has 4 N–H and O–H groups in total. The van der Waals surface area contributed by atoms with E-state index in [0.29, 0.717) is 10.6 Å². The van der Waals surface area contributed by atoms with E-state index in [1.807, 2.05) is 0 Å². The summed E-state index contributed by atoms with van der Waals surface area (Å²) in [5.74, 6) is -0.558. The molecule has 0 radical (unpaired) electrons. The predicted octanol–water partition coefficient (Wildman–Crippen LogP) is 0.825. The molecule has 3 nitrogen and oxygen atoms in total. The molecule has 0 bridgehead atoms. The summed E-state index contributed by atoms with van der Waals surface area (Å²) >= 11 is 5.69. The fourth-order valence-electron chi connectivity index (χ4n) is 0.864. The molecule has 0 aliphatic rings. The van der Waals surface area contributed by atoms with E-state index in [-0.39, 0.29) is 0 Å². The van der Waals surface area contributed by atoms with Crippen molar-refractivity contribution < 1.29 is 4.79 Å². The van der Waals surface area contributed by atoms with Gasteiger partial charge >= 0.3 is 0 Å². The topological polar surface area (TPSA) is 69.1 Å². The normalized spacial score (nSPS) is 12.5. The molecular formula is C8H9ClN2O. The first-order chi connectivity index (χ1) is 5.61. The summed E-state index contributed by atoms with van der Waals surface area (Å²) in [6.45, 7) is 0. The van der Waals surface area contributed by atoms with Gasteiger partial charge in [-0.05, 0) is 17.7 Å². The van der Waals surface area contributed by atoms with Crippen LogP contribution in [-0.2, 0) is 4.79 Å². The maximum Gasteiger partial charge on any atom is 0.238 e. The fourth-order valence-corrected chi connectivity index (χ4v) is 1.06. The van der Waals surface area contributed by atoms with Crippen LogP contribution in [0.3, 0.4) is 0 Å². The van der Waals surface area contributed by atoms with Crippen molar-refractivity contribution >= 4 is 17.5 Å². The van der Waals surface area contributed by atoms with Gasteiger partial charge in [-0.1, -0.05) is 23.7 Å². The van der Waals surface area contributed by atoms with Gasteiger partial charge in [-0.3, -0.25) is 4.79 Å². The Morgan fingerprint density at radius 3 is 2.67 bits per heavy atom. The van der Waals surface area contributed by atoms with E-state index in [1.165, 1.54) is 0 Å². The van der Waals surface area contributed by atoms with Crippen LogP contribution in [0.15, 0.2) is 24.3 Å². The average molecular weight is 185 g/mol. The second-order valence-corrected chi connectivity index (χ2v) is 2.87. The maximum absolute atomic E-state index is 10.7. The Balaban J connectivity index is 2.95. The number of primary amides is 1. The van der Waals surface area contributed by atoms with Gasteiger partial charge < -0.3 is 11.5 Å². The molecule has 1 rings (SSSR count). The molecule has 0 saturated heterocycles. The number of halogens is 1. The second kappa shape index (κ2) is 3.56. The van der Waals surface area contributed by atoms with Gasteiger partial charge in [-0.25, -0.2) is 0 Å². The molecule has 1 atom stereocenters. The molecular weight excluding hydrogens is 176 g/mol. The van der Waals surface area contributed by atoms with Crippen molar-refractivity contribution in [3.05, 3.63) is 34.9 Å². The van der Waals surface area contributed by atoms with Gasteiger partial charge in [0.2, 0.25) is 5.91 Å². The molecule has 0 aliphatic heterocycles. The number of hydrogen-bond donors (Lipinski definition) is 2. The molecule has 0 aliphatic carbocycles. The molecule has 64 valence electrons. The first-order valence-electron chi connectivity index (χ1n) is 3.41. The highest BCUT2D eigenvalue weighted by molar-refractivity contribution is 6.30. The van der Waals surface area contributed by atoms with E-state index < -0.39 is 11.9 Å². The summed E-state index contributed by atoms with van der Waals surface area (Å²) in [5.41, 5.74) is 11.1. The van der Waals surface area contributed by atoms with Crippen LogP contribution < -0.4 is 11.5 Å². The summed E-state index contributed by atoms with van der Waals surface area (Å²) < 4.78 is 0. The number of hydrogen-bond acceptors (Lipinski definition) is 2. The minimum Gasteiger partial charge on any atom is -0.368 e. The van der Waals surface area contributed by atoms with E-state index >= 15 is 0 Å². The number of carbonyl (C=O) groups excluding carboxylic acids is 1. The zero-order chi connectivity index (χ0) is 9.14. The third-order valence-corrected chi connectivity index (χ3v) is 1.75. The average Bonchev–Trinajstić information content (AvgIpc) is 2.03. The minimum absolute atomic E-state index is 0.546. The third kappa shape index (κ3) is 1.96. The highest BCUT2D eigenvalue weighted by Gasteiger charge is 2.11. The zero-order valence-electron chi connectivity index (χ0n) is 6.33. The van der Waals surface area contributed by atoms with Gasteiger partial charge in [0, 0.05) is 5.02 Å². The highest BCUT2D eigenvalue weighted by Crippen LogP contribution is 2.15. The summed E-state index contributed by atoms with van der Waals surface area (Å²) in [6.07, 6.45) is 0. The smallest absolute Gasteiger partial charge is 0.238 e. The van der Waals surface area contributed by atoms with E-state index in [4.69, 9.17) is 23.1 Å². The molecule has 1 aromatic rings. The number of nitrogens with two attached hydrogens (primary N) is 2. The van der Waals surface area contributed by atoms with E-state index in [1.54, 1.807) is 24.3 Å². The molecule has 0 heterocycles. The van der Waals surface area contributed by atoms with Gasteiger partial charge in [-0.15, -0.1) is 0 Å². The zero-order valence-corrected chi connectivity index (χ0v) is 7.08. The van der Waals surface area contributed by atoms with Crippen molar-refractivity contribution in [1.82, 2.24) is 0 Å². The van der Waals surface area contributed by atoms with Gasteiger partial charge in [0.15, 0.2) is 0 Å². The number of carbonyl (C=O) groups is 1. The fraction of sp³-hybridized carbons (Fsp3) is 0.125. The molecule has 0 spiro atoms. The largest absolute Gasteiger partial charge is 0.368 e. The van der Waals surface area contributed by atoms with Crippen LogP contribution in [0, 0.1) is 0 Å². The van der Waals surface area contributed by atoms with Crippen LogP contribution in [-0.4, -0.2) is 5.91 Å². The molecule has 4 heteroatoms. The van der Waals surface area contributed by atoms with Crippen molar-refractivity contribution in [2.24, 2.45) is 11.5 Å². The van der Waals surface area contributed by atoms with Gasteiger partial charge in [0.1, 0.15) is 6.04 Å². The van der Waals surface area contributed by atoms with Gasteiger partial charge in [0.05, 0.1) is 0 Å². The predicted molar refractivity (Wildman–Crippen MR) is 47.6 cm³/mol. The third-order valence-electron chi connectivity index (χ3n) is 1.51. The van der Waals surface area contributed by atoms with Crippen molar-refractivity contribution in [3.8, 4) is 0 Å². The Bertz CT molecular complexity index is 301. The lowest BCUT2D eigenvalue weighted by Gasteiger charge is -2.06. The number of amides is 1. The quantitative estimate of drug-likeness (QED) is 0.715. The Hall–Kier alpha value is -1.06. The van der Waals surface area contributed by atoms with E-state index in [2.05, 4.69) is 0 Å². The molecule has 1 amide bonds. The Labute approximate surface area is 75.3 Å². The first kappa shape index (κ1) is 9.03. The lowest BCUT2D eigenvalue weighted by Crippen LogP contribution is -2.28. The summed E-state index contributed by atoms with van der Waals surface area (Å²) in [5, 5.41) is 0.546. The van der Waals surface area contributed by atoms with Crippen LogP contribution in [0.1, 0.15) is 11.6 Å². The molecule has 12 heavy (non-hydrogen) atoms. The van der Waals surface area contributed by atoms with Crippen LogP contribution >= 0.6 is 11.6 Å². The van der Waals surface area contributed by atoms with Gasteiger partial charge in [0.25, 0.3) is 0 Å². The Kier molecular flexibility index (Phi) is 2.68. The Morgan fingerprint density at radius 2 is 2.17 bits per heavy atom. The van der Waals surface area contributed by atoms with Crippen molar-refractivity contribution in [2.75, 3.05) is 0 Å². The van der Waals surface area contributed by atoms with Crippen LogP contribution in [0.25, 0.3) is 0 Å². The standard InChI is InChI=1S/C8H9ClN2O/c9-6-3-1-2-5(4-6)7(10)8(11)12/h1-4,7H,10H2,(H2,11,12)/t7-/m0/s1. The lowest BCUT2D eigenvalue weighted by atomic mass is 10.1. The molecule has 0 saturated carbocycles. The summed E-state index contributed by atoms with van der Waals surface area (Å²) in [4.78, 5) is 10.7. The maximum atomic E-state index is 10.7. The van der Waals surface area contributed by atoms with Crippen LogP contribution in [0.2, 0.25) is 5.02 Å². The molecule has 0 unspecified atom stereocenters. The Morgan fingerprint density at radius 1 is 1.50 bits per heavy atom. The monoisotopic (exact) mass is 184 g/mol.